The molecule has 0 aliphatic carbocycles. The van der Waals surface area contributed by atoms with Crippen LogP contribution >= 0.6 is 11.8 Å². The average molecular weight is 239 g/mol. The standard InChI is InChI=1S/C12H21N3S/c1-8-5-9(11(14)15-6-8)10(13)7-16-12(2,3)4/h5-6,10H,7,13H2,1-4H3,(H2,14,15). The van der Waals surface area contributed by atoms with Gasteiger partial charge in [-0.25, -0.2) is 4.98 Å². The van der Waals surface area contributed by atoms with Gasteiger partial charge in [-0.15, -0.1) is 0 Å². The molecule has 1 aromatic rings. The highest BCUT2D eigenvalue weighted by atomic mass is 32.2. The molecule has 4 heteroatoms. The van der Waals surface area contributed by atoms with Crippen molar-refractivity contribution in [3.8, 4) is 0 Å². The molecule has 0 saturated heterocycles. The van der Waals surface area contributed by atoms with Crippen LogP contribution in [0.5, 0.6) is 0 Å². The predicted octanol–water partition coefficient (Wildman–Crippen LogP) is 2.50. The second-order valence-corrected chi connectivity index (χ2v) is 6.86. The lowest BCUT2D eigenvalue weighted by molar-refractivity contribution is 0.778. The van der Waals surface area contributed by atoms with Crippen LogP contribution in [0.1, 0.15) is 37.9 Å². The zero-order valence-corrected chi connectivity index (χ0v) is 11.3. The largest absolute Gasteiger partial charge is 0.383 e. The SMILES string of the molecule is Cc1cnc(N)c(C(N)CSC(C)(C)C)c1. The zero-order valence-electron chi connectivity index (χ0n) is 10.4. The molecule has 0 aliphatic rings. The highest BCUT2D eigenvalue weighted by molar-refractivity contribution is 8.00. The van der Waals surface area contributed by atoms with Crippen LogP contribution in [-0.2, 0) is 0 Å². The Kier molecular flexibility index (Phi) is 4.21. The van der Waals surface area contributed by atoms with Crippen LogP contribution in [0.4, 0.5) is 5.82 Å². The van der Waals surface area contributed by atoms with E-state index in [0.717, 1.165) is 16.9 Å². The lowest BCUT2D eigenvalue weighted by atomic mass is 10.1. The number of nitrogen functional groups attached to an aromatic ring is 1. The first-order valence-corrected chi connectivity index (χ1v) is 6.40. The van der Waals surface area contributed by atoms with E-state index in [0.29, 0.717) is 5.82 Å². The van der Waals surface area contributed by atoms with E-state index in [2.05, 4.69) is 25.8 Å². The Morgan fingerprint density at radius 2 is 2.06 bits per heavy atom. The molecule has 90 valence electrons. The van der Waals surface area contributed by atoms with Crippen LogP contribution in [0.25, 0.3) is 0 Å². The van der Waals surface area contributed by atoms with Gasteiger partial charge >= 0.3 is 0 Å². The summed E-state index contributed by atoms with van der Waals surface area (Å²) in [6.45, 7) is 8.55. The van der Waals surface area contributed by atoms with Gasteiger partial charge in [-0.3, -0.25) is 0 Å². The molecule has 16 heavy (non-hydrogen) atoms. The molecule has 1 unspecified atom stereocenters. The maximum absolute atomic E-state index is 6.13. The van der Waals surface area contributed by atoms with Crippen molar-refractivity contribution in [1.82, 2.24) is 4.98 Å². The van der Waals surface area contributed by atoms with Crippen molar-refractivity contribution in [1.29, 1.82) is 0 Å². The second kappa shape index (κ2) is 5.06. The van der Waals surface area contributed by atoms with Gasteiger partial charge in [0, 0.05) is 28.3 Å². The van der Waals surface area contributed by atoms with E-state index in [1.165, 1.54) is 0 Å². The van der Waals surface area contributed by atoms with E-state index in [1.54, 1.807) is 6.20 Å². The lowest BCUT2D eigenvalue weighted by Gasteiger charge is -2.21. The minimum atomic E-state index is -0.0448. The number of nitrogens with zero attached hydrogens (tertiary/aromatic N) is 1. The van der Waals surface area contributed by atoms with E-state index >= 15 is 0 Å². The quantitative estimate of drug-likeness (QED) is 0.850. The molecule has 0 bridgehead atoms. The third-order valence-corrected chi connectivity index (χ3v) is 3.57. The number of nitrogens with two attached hydrogens (primary N) is 2. The number of pyridine rings is 1. The van der Waals surface area contributed by atoms with Gasteiger partial charge < -0.3 is 11.5 Å². The van der Waals surface area contributed by atoms with Gasteiger partial charge in [0.25, 0.3) is 0 Å². The highest BCUT2D eigenvalue weighted by Gasteiger charge is 2.16. The monoisotopic (exact) mass is 239 g/mol. The molecule has 1 heterocycles. The molecular weight excluding hydrogens is 218 g/mol. The number of aromatic nitrogens is 1. The second-order valence-electron chi connectivity index (χ2n) is 5.02. The summed E-state index contributed by atoms with van der Waals surface area (Å²) in [7, 11) is 0. The molecule has 1 atom stereocenters. The van der Waals surface area contributed by atoms with Gasteiger partial charge in [-0.2, -0.15) is 11.8 Å². The van der Waals surface area contributed by atoms with Gasteiger partial charge in [0.05, 0.1) is 0 Å². The Bertz CT molecular complexity index is 358. The summed E-state index contributed by atoms with van der Waals surface area (Å²) in [4.78, 5) is 4.13. The molecule has 0 aliphatic heterocycles. The highest BCUT2D eigenvalue weighted by Crippen LogP contribution is 2.28. The minimum absolute atomic E-state index is 0.0448. The van der Waals surface area contributed by atoms with Gasteiger partial charge in [0.2, 0.25) is 0 Å². The summed E-state index contributed by atoms with van der Waals surface area (Å²) in [5.74, 6) is 1.41. The maximum Gasteiger partial charge on any atom is 0.128 e. The topological polar surface area (TPSA) is 64.9 Å². The number of aryl methyl sites for hydroxylation is 1. The van der Waals surface area contributed by atoms with Gasteiger partial charge in [-0.1, -0.05) is 20.8 Å². The first-order valence-electron chi connectivity index (χ1n) is 5.41. The Hall–Kier alpha value is -0.740. The molecule has 3 nitrogen and oxygen atoms in total. The molecule has 0 aromatic carbocycles. The van der Waals surface area contributed by atoms with Gasteiger partial charge in [0.15, 0.2) is 0 Å². The van der Waals surface area contributed by atoms with Crippen LogP contribution < -0.4 is 11.5 Å². The number of hydrogen-bond donors (Lipinski definition) is 2. The van der Waals surface area contributed by atoms with Crippen LogP contribution in [0, 0.1) is 6.92 Å². The maximum atomic E-state index is 6.13. The normalized spacial score (nSPS) is 13.8. The van der Waals surface area contributed by atoms with Crippen LogP contribution in [0.3, 0.4) is 0 Å². The van der Waals surface area contributed by atoms with Crippen molar-refractivity contribution in [2.75, 3.05) is 11.5 Å². The van der Waals surface area contributed by atoms with E-state index in [9.17, 15) is 0 Å². The molecule has 0 radical (unpaired) electrons. The Morgan fingerprint density at radius 1 is 1.44 bits per heavy atom. The minimum Gasteiger partial charge on any atom is -0.383 e. The van der Waals surface area contributed by atoms with Crippen molar-refractivity contribution >= 4 is 17.6 Å². The van der Waals surface area contributed by atoms with Crippen molar-refractivity contribution in [2.24, 2.45) is 5.73 Å². The molecule has 0 saturated carbocycles. The Morgan fingerprint density at radius 3 is 2.62 bits per heavy atom. The van der Waals surface area contributed by atoms with Crippen LogP contribution in [0.2, 0.25) is 0 Å². The van der Waals surface area contributed by atoms with Gasteiger partial charge in [0.1, 0.15) is 5.82 Å². The third kappa shape index (κ3) is 4.02. The number of hydrogen-bond acceptors (Lipinski definition) is 4. The molecule has 1 aromatic heterocycles. The summed E-state index contributed by atoms with van der Waals surface area (Å²) >= 11 is 1.84. The molecule has 0 spiro atoms. The average Bonchev–Trinajstić information content (AvgIpc) is 2.17. The van der Waals surface area contributed by atoms with Crippen LogP contribution in [0.15, 0.2) is 12.3 Å². The first kappa shape index (κ1) is 13.3. The van der Waals surface area contributed by atoms with Crippen molar-refractivity contribution in [3.63, 3.8) is 0 Å². The molecule has 1 rings (SSSR count). The lowest BCUT2D eigenvalue weighted by Crippen LogP contribution is -2.19. The number of rotatable bonds is 3. The fourth-order valence-corrected chi connectivity index (χ4v) is 2.19. The van der Waals surface area contributed by atoms with Crippen molar-refractivity contribution in [2.45, 2.75) is 38.5 Å². The molecule has 0 amide bonds. The number of anilines is 1. The smallest absolute Gasteiger partial charge is 0.128 e. The fraction of sp³-hybridized carbons (Fsp3) is 0.583. The molecule has 4 N–H and O–H groups in total. The summed E-state index contributed by atoms with van der Waals surface area (Å²) in [6.07, 6.45) is 1.77. The third-order valence-electron chi connectivity index (χ3n) is 2.18. The van der Waals surface area contributed by atoms with E-state index in [1.807, 2.05) is 24.8 Å². The zero-order chi connectivity index (χ0) is 12.3. The van der Waals surface area contributed by atoms with Gasteiger partial charge in [-0.05, 0) is 18.6 Å². The Labute approximate surface area is 102 Å². The molecular formula is C12H21N3S. The fourth-order valence-electron chi connectivity index (χ4n) is 1.33. The van der Waals surface area contributed by atoms with E-state index < -0.39 is 0 Å². The first-order chi connectivity index (χ1) is 7.29. The summed E-state index contributed by atoms with van der Waals surface area (Å²) in [5.41, 5.74) is 14.0. The Balaban J connectivity index is 2.73. The van der Waals surface area contributed by atoms with Crippen molar-refractivity contribution < 1.29 is 0 Å². The summed E-state index contributed by atoms with van der Waals surface area (Å²) in [5, 5.41) is 0. The van der Waals surface area contributed by atoms with Crippen molar-refractivity contribution in [3.05, 3.63) is 23.4 Å². The van der Waals surface area contributed by atoms with E-state index in [-0.39, 0.29) is 10.8 Å². The summed E-state index contributed by atoms with van der Waals surface area (Å²) in [6, 6.07) is 1.98. The predicted molar refractivity (Wildman–Crippen MR) is 72.5 cm³/mol. The van der Waals surface area contributed by atoms with E-state index in [4.69, 9.17) is 11.5 Å². The van der Waals surface area contributed by atoms with Crippen LogP contribution in [-0.4, -0.2) is 15.5 Å². The molecule has 0 fully saturated rings. The number of thioether (sulfide) groups is 1. The summed E-state index contributed by atoms with van der Waals surface area (Å²) < 4.78 is 0.226.